The van der Waals surface area contributed by atoms with Crippen molar-refractivity contribution in [2.45, 2.75) is 63.3 Å². The number of aliphatic hydroxyl groups is 2. The minimum absolute atomic E-state index is 0.117. The monoisotopic (exact) mass is 582 g/mol. The van der Waals surface area contributed by atoms with Crippen molar-refractivity contribution in [1.82, 2.24) is 4.90 Å². The van der Waals surface area contributed by atoms with E-state index in [4.69, 9.17) is 16.3 Å². The molecule has 2 aromatic carbocycles. The average molecular weight is 583 g/mol. The van der Waals surface area contributed by atoms with Crippen LogP contribution in [0.5, 0.6) is 5.75 Å². The number of aliphatic hydroxyl groups excluding tert-OH is 1. The van der Waals surface area contributed by atoms with Gasteiger partial charge in [-0.05, 0) is 91.3 Å². The van der Waals surface area contributed by atoms with E-state index in [0.717, 1.165) is 43.2 Å². The van der Waals surface area contributed by atoms with Gasteiger partial charge in [-0.25, -0.2) is 4.79 Å². The van der Waals surface area contributed by atoms with Crippen LogP contribution in [-0.4, -0.2) is 64.9 Å². The van der Waals surface area contributed by atoms with E-state index in [1.807, 2.05) is 30.4 Å². The Morgan fingerprint density at radius 2 is 1.93 bits per heavy atom. The Bertz CT molecular complexity index is 1320. The molecule has 5 rings (SSSR count). The normalized spacial score (nSPS) is 28.3. The van der Waals surface area contributed by atoms with Crippen LogP contribution in [0.3, 0.4) is 0 Å². The lowest BCUT2D eigenvalue weighted by atomic mass is 9.70. The average Bonchev–Trinajstić information content (AvgIpc) is 2.95. The van der Waals surface area contributed by atoms with Gasteiger partial charge in [-0.2, -0.15) is 0 Å². The summed E-state index contributed by atoms with van der Waals surface area (Å²) in [5.74, 6) is -1.01. The van der Waals surface area contributed by atoms with Crippen molar-refractivity contribution in [3.05, 3.63) is 70.3 Å². The number of amides is 1. The standard InChI is InChI=1S/C32H39ClN2O6/c1-34-14-4-3-7-28(36)26-12-9-22(26)19-35-15-5-2-6-21-16-25(33)11-8-23(21)20-41-29-13-10-24(17-27(29)35)32(40,31(38)39)18-30(34)37/h3,7-8,10-11,13,16-17,22,26,28,36,40H,2,4-6,9,12,14-15,18-20H2,1H3,(H,38,39)/b7-3+/t22-,26+,28?,32+/m0/s1. The fourth-order valence-electron chi connectivity index (χ4n) is 6.18. The number of aryl methyl sites for hydroxylation is 1. The lowest BCUT2D eigenvalue weighted by Crippen LogP contribution is -2.44. The summed E-state index contributed by atoms with van der Waals surface area (Å²) in [6.45, 7) is 2.03. The maximum absolute atomic E-state index is 13.0. The quantitative estimate of drug-likeness (QED) is 0.424. The molecule has 8 nitrogen and oxygen atoms in total. The van der Waals surface area contributed by atoms with Crippen LogP contribution in [0.25, 0.3) is 0 Å². The third-order valence-corrected chi connectivity index (χ3v) is 9.21. The largest absolute Gasteiger partial charge is 0.487 e. The third-order valence-electron chi connectivity index (χ3n) is 8.97. The van der Waals surface area contributed by atoms with Crippen molar-refractivity contribution in [2.75, 3.05) is 31.6 Å². The topological polar surface area (TPSA) is 111 Å². The van der Waals surface area contributed by atoms with Crippen LogP contribution in [0.2, 0.25) is 5.02 Å². The number of ether oxygens (including phenoxy) is 1. The van der Waals surface area contributed by atoms with E-state index < -0.39 is 30.0 Å². The second-order valence-electron chi connectivity index (χ2n) is 11.7. The number of carbonyl (C=O) groups excluding carboxylic acids is 1. The molecule has 3 aliphatic rings. The van der Waals surface area contributed by atoms with Crippen LogP contribution < -0.4 is 9.64 Å². The molecule has 220 valence electrons. The molecule has 1 unspecified atom stereocenters. The molecule has 4 atom stereocenters. The Balaban J connectivity index is 1.58. The second kappa shape index (κ2) is 12.4. The molecule has 1 amide bonds. The van der Waals surface area contributed by atoms with Crippen LogP contribution in [0.15, 0.2) is 48.6 Å². The fraction of sp³-hybridized carbons (Fsp3) is 0.500. The number of hydrogen-bond acceptors (Lipinski definition) is 6. The van der Waals surface area contributed by atoms with Gasteiger partial charge in [-0.3, -0.25) is 4.79 Å². The molecule has 0 spiro atoms. The maximum atomic E-state index is 13.0. The zero-order valence-corrected chi connectivity index (χ0v) is 24.2. The van der Waals surface area contributed by atoms with E-state index in [0.29, 0.717) is 49.1 Å². The van der Waals surface area contributed by atoms with Crippen LogP contribution in [-0.2, 0) is 28.2 Å². The molecule has 1 fully saturated rings. The third kappa shape index (κ3) is 6.40. The Hall–Kier alpha value is -3.07. The Kier molecular flexibility index (Phi) is 8.92. The number of fused-ring (bicyclic) bond motifs is 3. The summed E-state index contributed by atoms with van der Waals surface area (Å²) < 4.78 is 6.37. The van der Waals surface area contributed by atoms with E-state index in [1.54, 1.807) is 25.2 Å². The van der Waals surface area contributed by atoms with E-state index in [9.17, 15) is 24.9 Å². The molecular weight excluding hydrogens is 544 g/mol. The molecule has 0 saturated heterocycles. The smallest absolute Gasteiger partial charge is 0.340 e. The number of halogens is 1. The van der Waals surface area contributed by atoms with Gasteiger partial charge in [-0.15, -0.1) is 0 Å². The summed E-state index contributed by atoms with van der Waals surface area (Å²) in [7, 11) is 1.59. The molecule has 2 heterocycles. The zero-order chi connectivity index (χ0) is 29.1. The van der Waals surface area contributed by atoms with E-state index in [-0.39, 0.29) is 17.4 Å². The van der Waals surface area contributed by atoms with Crippen molar-refractivity contribution in [1.29, 1.82) is 0 Å². The van der Waals surface area contributed by atoms with E-state index in [1.165, 1.54) is 4.90 Å². The van der Waals surface area contributed by atoms with Crippen LogP contribution in [0.4, 0.5) is 5.69 Å². The lowest BCUT2D eigenvalue weighted by Gasteiger charge is -2.43. The molecule has 2 aliphatic heterocycles. The number of benzene rings is 2. The highest BCUT2D eigenvalue weighted by Gasteiger charge is 2.42. The fourth-order valence-corrected chi connectivity index (χ4v) is 6.37. The second-order valence-corrected chi connectivity index (χ2v) is 12.1. The first-order chi connectivity index (χ1) is 19.7. The van der Waals surface area contributed by atoms with Gasteiger partial charge in [0.15, 0.2) is 5.60 Å². The van der Waals surface area contributed by atoms with E-state index in [2.05, 4.69) is 4.90 Å². The first kappa shape index (κ1) is 29.4. The van der Waals surface area contributed by atoms with E-state index >= 15 is 0 Å². The Morgan fingerprint density at radius 1 is 1.10 bits per heavy atom. The molecule has 1 aliphatic carbocycles. The van der Waals surface area contributed by atoms with Crippen molar-refractivity contribution in [3.63, 3.8) is 0 Å². The number of aliphatic carboxylic acids is 1. The van der Waals surface area contributed by atoms with Gasteiger partial charge in [-0.1, -0.05) is 35.9 Å². The lowest BCUT2D eigenvalue weighted by molar-refractivity contribution is -0.164. The number of carboxylic acids is 1. The molecule has 2 bridgehead atoms. The molecule has 1 saturated carbocycles. The van der Waals surface area contributed by atoms with Crippen LogP contribution in [0, 0.1) is 11.8 Å². The highest BCUT2D eigenvalue weighted by atomic mass is 35.5. The Morgan fingerprint density at radius 3 is 2.68 bits per heavy atom. The van der Waals surface area contributed by atoms with Crippen molar-refractivity contribution in [2.24, 2.45) is 11.8 Å². The highest BCUT2D eigenvalue weighted by molar-refractivity contribution is 6.30. The predicted molar refractivity (Wildman–Crippen MR) is 157 cm³/mol. The van der Waals surface area contributed by atoms with Gasteiger partial charge in [0.2, 0.25) is 5.91 Å². The molecule has 0 aromatic heterocycles. The number of nitrogens with zero attached hydrogens (tertiary/aromatic N) is 2. The maximum Gasteiger partial charge on any atom is 0.340 e. The summed E-state index contributed by atoms with van der Waals surface area (Å²) in [4.78, 5) is 29.1. The number of hydrogen-bond donors (Lipinski definition) is 3. The SMILES string of the molecule is CN1CC/C=C/C(O)[C@@H]2CC[C@H]2CN2CCCCc3cc(Cl)ccc3COc3ccc(cc32)[C@@](O)(C(=O)O)CC1=O. The highest BCUT2D eigenvalue weighted by Crippen LogP contribution is 2.42. The summed E-state index contributed by atoms with van der Waals surface area (Å²) in [5.41, 5.74) is 0.606. The van der Waals surface area contributed by atoms with Gasteiger partial charge in [0.1, 0.15) is 12.4 Å². The number of carboxylic acid groups (broad SMARTS) is 1. The van der Waals surface area contributed by atoms with Crippen LogP contribution >= 0.6 is 11.6 Å². The zero-order valence-electron chi connectivity index (χ0n) is 23.5. The van der Waals surface area contributed by atoms with Gasteiger partial charge >= 0.3 is 5.97 Å². The van der Waals surface area contributed by atoms with Crippen LogP contribution in [0.1, 0.15) is 55.2 Å². The van der Waals surface area contributed by atoms with Crippen molar-refractivity contribution >= 4 is 29.2 Å². The van der Waals surface area contributed by atoms with Gasteiger partial charge < -0.3 is 29.9 Å². The van der Waals surface area contributed by atoms with Gasteiger partial charge in [0.05, 0.1) is 18.2 Å². The molecular formula is C32H39ClN2O6. The van der Waals surface area contributed by atoms with Crippen molar-refractivity contribution < 1.29 is 29.6 Å². The molecule has 41 heavy (non-hydrogen) atoms. The number of rotatable bonds is 1. The summed E-state index contributed by atoms with van der Waals surface area (Å²) in [6, 6.07) is 10.7. The minimum atomic E-state index is -2.40. The first-order valence-electron chi connectivity index (χ1n) is 14.5. The molecule has 0 radical (unpaired) electrons. The molecule has 3 N–H and O–H groups in total. The van der Waals surface area contributed by atoms with Crippen molar-refractivity contribution in [3.8, 4) is 5.75 Å². The molecule has 2 aromatic rings. The first-order valence-corrected chi connectivity index (χ1v) is 14.9. The van der Waals surface area contributed by atoms with Gasteiger partial charge in [0.25, 0.3) is 0 Å². The van der Waals surface area contributed by atoms with Gasteiger partial charge in [0, 0.05) is 31.7 Å². The Labute approximate surface area is 246 Å². The number of anilines is 1. The predicted octanol–water partition coefficient (Wildman–Crippen LogP) is 4.53. The number of carbonyl (C=O) groups is 2. The summed E-state index contributed by atoms with van der Waals surface area (Å²) in [5, 5.41) is 33.3. The summed E-state index contributed by atoms with van der Waals surface area (Å²) in [6.07, 6.45) is 7.65. The summed E-state index contributed by atoms with van der Waals surface area (Å²) >= 11 is 6.29. The minimum Gasteiger partial charge on any atom is -0.487 e. The molecule has 9 heteroatoms.